The molecule has 28 heavy (non-hydrogen) atoms. The van der Waals surface area contributed by atoms with Gasteiger partial charge in [0.25, 0.3) is 0 Å². The Morgan fingerprint density at radius 2 is 1.29 bits per heavy atom. The van der Waals surface area contributed by atoms with Crippen LogP contribution in [0.2, 0.25) is 0 Å². The Bertz CT molecular complexity index is 624. The fourth-order valence-corrected chi connectivity index (χ4v) is 3.98. The minimum absolute atomic E-state index is 0.182. The first-order chi connectivity index (χ1) is 12.6. The second-order valence-corrected chi connectivity index (χ2v) is 9.25. The summed E-state index contributed by atoms with van der Waals surface area (Å²) in [6.07, 6.45) is -8.94. The zero-order valence-electron chi connectivity index (χ0n) is 14.5. The zero-order chi connectivity index (χ0) is 21.8. The molecule has 0 amide bonds. The molecule has 0 radical (unpaired) electrons. The van der Waals surface area contributed by atoms with Gasteiger partial charge in [-0.2, -0.15) is 0 Å². The molecule has 1 rings (SSSR count). The fraction of sp³-hybridized carbons (Fsp3) is 1.00. The maximum atomic E-state index is 11.3. The summed E-state index contributed by atoms with van der Waals surface area (Å²) < 4.78 is 56.9. The van der Waals surface area contributed by atoms with Crippen LogP contribution < -0.4 is 0 Å². The van der Waals surface area contributed by atoms with E-state index < -0.39 is 60.8 Å². The van der Waals surface area contributed by atoms with E-state index in [4.69, 9.17) is 38.8 Å². The van der Waals surface area contributed by atoms with Crippen LogP contribution in [0.3, 0.4) is 0 Å². The van der Waals surface area contributed by atoms with Crippen LogP contribution in [0, 0.1) is 0 Å². The van der Waals surface area contributed by atoms with E-state index in [1.54, 1.807) is 0 Å². The Morgan fingerprint density at radius 1 is 0.821 bits per heavy atom. The molecule has 0 spiro atoms. The molecule has 1 aliphatic heterocycles. The molecule has 1 heterocycles. The molecule has 7 N–H and O–H groups in total. The van der Waals surface area contributed by atoms with Gasteiger partial charge in [-0.3, -0.25) is 13.6 Å². The predicted molar refractivity (Wildman–Crippen MR) is 87.4 cm³/mol. The summed E-state index contributed by atoms with van der Waals surface area (Å²) >= 11 is 0. The molecule has 5 atom stereocenters. The molecule has 0 saturated carbocycles. The number of rotatable bonds is 11. The monoisotopic (exact) mass is 476 g/mol. The summed E-state index contributed by atoms with van der Waals surface area (Å²) in [4.78, 5) is 54.2. The van der Waals surface area contributed by atoms with Crippen molar-refractivity contribution >= 4 is 23.5 Å². The Morgan fingerprint density at radius 3 is 1.75 bits per heavy atom. The number of aliphatic hydroxyl groups excluding tert-OH is 1. The number of unbranched alkanes of at least 4 members (excludes halogenated alkanes) is 1. The van der Waals surface area contributed by atoms with E-state index in [0.717, 1.165) is 6.42 Å². The lowest BCUT2D eigenvalue weighted by Crippen LogP contribution is -2.60. The van der Waals surface area contributed by atoms with Crippen LogP contribution >= 0.6 is 23.5 Å². The van der Waals surface area contributed by atoms with Gasteiger partial charge in [0.2, 0.25) is 0 Å². The quantitative estimate of drug-likeness (QED) is 0.139. The first-order valence-electron chi connectivity index (χ1n) is 7.76. The first-order valence-corrected chi connectivity index (χ1v) is 12.3. The van der Waals surface area contributed by atoms with E-state index in [1.165, 1.54) is 0 Å². The second-order valence-electron chi connectivity index (χ2n) is 5.68. The number of hydrogen-bond donors (Lipinski definition) is 7. The summed E-state index contributed by atoms with van der Waals surface area (Å²) in [5.74, 6) is 0. The minimum atomic E-state index is -5.40. The van der Waals surface area contributed by atoms with Crippen molar-refractivity contribution in [3.63, 3.8) is 0 Å². The van der Waals surface area contributed by atoms with Crippen LogP contribution in [0.15, 0.2) is 0 Å². The molecule has 0 aliphatic carbocycles. The van der Waals surface area contributed by atoms with Gasteiger partial charge in [0.1, 0.15) is 24.4 Å². The van der Waals surface area contributed by atoms with Crippen LogP contribution in [0.5, 0.6) is 0 Å². The molecular weight excluding hydrogens is 453 g/mol. The zero-order valence-corrected chi connectivity index (χ0v) is 17.1. The molecule has 0 bridgehead atoms. The molecule has 18 heteroatoms. The third-order valence-corrected chi connectivity index (χ3v) is 4.86. The lowest BCUT2D eigenvalue weighted by molar-refractivity contribution is -0.279. The molecule has 0 aromatic carbocycles. The molecule has 1 fully saturated rings. The standard InChI is InChI=1S/C10H23O15P3/c1-2-3-4-21-5-6-7(23-26(12,13)14)8(24-27(15,16)17)9(10(11)22-6)25-28(18,19)20/h6-11H,2-5H2,1H3,(H2,12,13,14)(H2,15,16,17)(H2,18,19,20)/t6-,7-,8+,9+,10?/m1/s1. The third-order valence-electron chi connectivity index (χ3n) is 3.31. The molecule has 1 aliphatic rings. The highest BCUT2D eigenvalue weighted by Crippen LogP contribution is 2.49. The van der Waals surface area contributed by atoms with Crippen molar-refractivity contribution < 1.29 is 71.2 Å². The SMILES string of the molecule is CCCCOC[C@H]1OC(O)[C@@H](OP(=O)(O)O)[C@@H](OP(=O)(O)O)[C@@H]1OP(=O)(O)O. The maximum absolute atomic E-state index is 11.3. The number of phosphoric acid groups is 3. The highest BCUT2D eigenvalue weighted by atomic mass is 31.2. The Labute approximate surface area is 159 Å². The third kappa shape index (κ3) is 9.81. The molecular formula is C10H23O15P3. The van der Waals surface area contributed by atoms with Gasteiger partial charge >= 0.3 is 23.5 Å². The van der Waals surface area contributed by atoms with E-state index in [2.05, 4.69) is 13.6 Å². The minimum Gasteiger partial charge on any atom is -0.379 e. The van der Waals surface area contributed by atoms with Gasteiger partial charge in [-0.05, 0) is 6.42 Å². The Hall–Kier alpha value is 0.210. The van der Waals surface area contributed by atoms with Crippen molar-refractivity contribution in [1.82, 2.24) is 0 Å². The average Bonchev–Trinajstić information content (AvgIpc) is 2.47. The van der Waals surface area contributed by atoms with Gasteiger partial charge in [0.05, 0.1) is 6.61 Å². The summed E-state index contributed by atoms with van der Waals surface area (Å²) in [6.45, 7) is 1.59. The van der Waals surface area contributed by atoms with Crippen molar-refractivity contribution in [2.45, 2.75) is 50.5 Å². The topological polar surface area (TPSA) is 239 Å². The average molecular weight is 476 g/mol. The molecule has 0 aromatic heterocycles. The van der Waals surface area contributed by atoms with Gasteiger partial charge < -0.3 is 43.9 Å². The summed E-state index contributed by atoms with van der Waals surface area (Å²) in [6, 6.07) is 0. The van der Waals surface area contributed by atoms with E-state index >= 15 is 0 Å². The van der Waals surface area contributed by atoms with E-state index in [0.29, 0.717) is 6.42 Å². The lowest BCUT2D eigenvalue weighted by atomic mass is 9.99. The van der Waals surface area contributed by atoms with E-state index in [9.17, 15) is 18.8 Å². The van der Waals surface area contributed by atoms with Crippen LogP contribution in [0.4, 0.5) is 0 Å². The van der Waals surface area contributed by atoms with E-state index in [1.807, 2.05) is 6.92 Å². The van der Waals surface area contributed by atoms with Gasteiger partial charge in [-0.1, -0.05) is 13.3 Å². The van der Waals surface area contributed by atoms with Crippen LogP contribution in [-0.2, 0) is 36.7 Å². The van der Waals surface area contributed by atoms with Gasteiger partial charge in [0, 0.05) is 6.61 Å². The van der Waals surface area contributed by atoms with Crippen LogP contribution in [-0.4, -0.2) is 78.4 Å². The highest BCUT2D eigenvalue weighted by Gasteiger charge is 2.53. The molecule has 1 unspecified atom stereocenters. The highest BCUT2D eigenvalue weighted by molar-refractivity contribution is 7.47. The number of ether oxygens (including phenoxy) is 2. The smallest absolute Gasteiger partial charge is 0.379 e. The number of aliphatic hydroxyl groups is 1. The van der Waals surface area contributed by atoms with Crippen molar-refractivity contribution in [3.8, 4) is 0 Å². The lowest BCUT2D eigenvalue weighted by Gasteiger charge is -2.43. The first kappa shape index (κ1) is 26.2. The van der Waals surface area contributed by atoms with Gasteiger partial charge in [-0.15, -0.1) is 0 Å². The van der Waals surface area contributed by atoms with Crippen LogP contribution in [0.1, 0.15) is 19.8 Å². The Kier molecular flexibility index (Phi) is 9.83. The number of hydrogen-bond acceptors (Lipinski definition) is 9. The number of phosphoric ester groups is 3. The summed E-state index contributed by atoms with van der Waals surface area (Å²) in [5.41, 5.74) is 0. The largest absolute Gasteiger partial charge is 0.470 e. The molecule has 15 nitrogen and oxygen atoms in total. The summed E-state index contributed by atoms with van der Waals surface area (Å²) in [5, 5.41) is 9.96. The molecule has 0 aromatic rings. The van der Waals surface area contributed by atoms with Crippen molar-refractivity contribution in [1.29, 1.82) is 0 Å². The fourth-order valence-electron chi connectivity index (χ4n) is 2.31. The summed E-state index contributed by atoms with van der Waals surface area (Å²) in [7, 11) is -16.1. The second kappa shape index (κ2) is 10.5. The van der Waals surface area contributed by atoms with Crippen LogP contribution in [0.25, 0.3) is 0 Å². The molecule has 1 saturated heterocycles. The molecule has 168 valence electrons. The van der Waals surface area contributed by atoms with Crippen molar-refractivity contribution in [3.05, 3.63) is 0 Å². The van der Waals surface area contributed by atoms with Crippen molar-refractivity contribution in [2.24, 2.45) is 0 Å². The Balaban J connectivity index is 3.21. The maximum Gasteiger partial charge on any atom is 0.470 e. The van der Waals surface area contributed by atoms with Gasteiger partial charge in [0.15, 0.2) is 6.29 Å². The van der Waals surface area contributed by atoms with E-state index in [-0.39, 0.29) is 6.61 Å². The normalized spacial score (nSPS) is 29.8. The van der Waals surface area contributed by atoms with Crippen molar-refractivity contribution in [2.75, 3.05) is 13.2 Å². The predicted octanol–water partition coefficient (Wildman–Crippen LogP) is -1.05. The van der Waals surface area contributed by atoms with Gasteiger partial charge in [-0.25, -0.2) is 13.7 Å².